The number of nitrogens with zero attached hydrogens (tertiary/aromatic N) is 1. The van der Waals surface area contributed by atoms with Crippen molar-refractivity contribution in [3.63, 3.8) is 0 Å². The maximum atomic E-state index is 13.8. The van der Waals surface area contributed by atoms with Gasteiger partial charge >= 0.3 is 5.92 Å². The normalized spacial score (nSPS) is 17.2. The van der Waals surface area contributed by atoms with E-state index in [-0.39, 0.29) is 25.3 Å². The summed E-state index contributed by atoms with van der Waals surface area (Å²) in [6.07, 6.45) is 1.86. The minimum atomic E-state index is -3.79. The Morgan fingerprint density at radius 1 is 1.60 bits per heavy atom. The molecule has 0 atom stereocenters. The first kappa shape index (κ1) is 14.6. The molecule has 0 saturated heterocycles. The van der Waals surface area contributed by atoms with Gasteiger partial charge in [0.25, 0.3) is 5.91 Å². The molecular formula is C13H16F2N2O3. The maximum Gasteiger partial charge on any atom is 0.352 e. The van der Waals surface area contributed by atoms with Crippen molar-refractivity contribution < 1.29 is 23.4 Å². The fraction of sp³-hybridized carbons (Fsp3) is 0.538. The van der Waals surface area contributed by atoms with Crippen LogP contribution in [-0.4, -0.2) is 34.6 Å². The van der Waals surface area contributed by atoms with Gasteiger partial charge in [0, 0.05) is 18.3 Å². The molecule has 1 fully saturated rings. The highest BCUT2D eigenvalue weighted by atomic mass is 19.3. The molecule has 0 spiro atoms. The molecule has 1 saturated carbocycles. The first-order valence-electron chi connectivity index (χ1n) is 6.27. The minimum Gasteiger partial charge on any atom is -0.481 e. The summed E-state index contributed by atoms with van der Waals surface area (Å²) < 4.78 is 32.6. The summed E-state index contributed by atoms with van der Waals surface area (Å²) in [4.78, 5) is 15.5. The molecular weight excluding hydrogens is 270 g/mol. The van der Waals surface area contributed by atoms with Gasteiger partial charge < -0.3 is 15.2 Å². The van der Waals surface area contributed by atoms with Gasteiger partial charge in [0.15, 0.2) is 0 Å². The van der Waals surface area contributed by atoms with Gasteiger partial charge in [-0.1, -0.05) is 6.07 Å². The summed E-state index contributed by atoms with van der Waals surface area (Å²) in [5, 5.41) is 11.8. The third-order valence-electron chi connectivity index (χ3n) is 3.53. The second kappa shape index (κ2) is 5.32. The smallest absolute Gasteiger partial charge is 0.352 e. The zero-order valence-corrected chi connectivity index (χ0v) is 11.0. The summed E-state index contributed by atoms with van der Waals surface area (Å²) >= 11 is 0. The number of carbonyl (C=O) groups is 1. The number of hydrogen-bond donors (Lipinski definition) is 2. The van der Waals surface area contributed by atoms with Crippen LogP contribution in [0.3, 0.4) is 0 Å². The lowest BCUT2D eigenvalue weighted by molar-refractivity contribution is -0.216. The van der Waals surface area contributed by atoms with E-state index in [1.165, 1.54) is 13.3 Å². The number of aliphatic hydroxyl groups is 1. The molecule has 1 aromatic rings. The summed E-state index contributed by atoms with van der Waals surface area (Å²) in [6, 6.07) is 3.23. The minimum absolute atomic E-state index is 0.0658. The summed E-state index contributed by atoms with van der Waals surface area (Å²) in [5.41, 5.74) is -1.73. The Morgan fingerprint density at radius 2 is 2.30 bits per heavy atom. The molecule has 7 heteroatoms. The zero-order valence-electron chi connectivity index (χ0n) is 11.0. The van der Waals surface area contributed by atoms with E-state index in [1.54, 1.807) is 12.1 Å². The van der Waals surface area contributed by atoms with Crippen molar-refractivity contribution >= 4 is 5.91 Å². The molecule has 20 heavy (non-hydrogen) atoms. The average molecular weight is 286 g/mol. The number of aromatic nitrogens is 1. The lowest BCUT2D eigenvalue weighted by Gasteiger charge is -2.41. The van der Waals surface area contributed by atoms with E-state index in [1.807, 2.05) is 0 Å². The van der Waals surface area contributed by atoms with Crippen molar-refractivity contribution in [2.45, 2.75) is 37.3 Å². The number of pyridine rings is 1. The molecule has 1 aliphatic rings. The Balaban J connectivity index is 2.02. The Kier molecular flexibility index (Phi) is 3.89. The number of alkyl halides is 2. The third-order valence-corrected chi connectivity index (χ3v) is 3.53. The van der Waals surface area contributed by atoms with Crippen LogP contribution in [0.2, 0.25) is 0 Å². The summed E-state index contributed by atoms with van der Waals surface area (Å²) in [7, 11) is 1.40. The predicted octanol–water partition coefficient (Wildman–Crippen LogP) is 1.26. The second-order valence-electron chi connectivity index (χ2n) is 4.81. The molecule has 1 amide bonds. The van der Waals surface area contributed by atoms with Gasteiger partial charge in [-0.25, -0.2) is 4.98 Å². The van der Waals surface area contributed by atoms with Crippen LogP contribution in [-0.2, 0) is 11.3 Å². The average Bonchev–Trinajstić information content (AvgIpc) is 2.42. The van der Waals surface area contributed by atoms with Crippen LogP contribution in [0.5, 0.6) is 5.88 Å². The number of carbonyl (C=O) groups excluding carboxylic acids is 1. The largest absolute Gasteiger partial charge is 0.481 e. The van der Waals surface area contributed by atoms with Crippen LogP contribution in [0.25, 0.3) is 0 Å². The van der Waals surface area contributed by atoms with E-state index in [2.05, 4.69) is 10.3 Å². The van der Waals surface area contributed by atoms with Crippen LogP contribution in [0.15, 0.2) is 18.3 Å². The quantitative estimate of drug-likeness (QED) is 0.854. The zero-order chi connectivity index (χ0) is 14.8. The van der Waals surface area contributed by atoms with Gasteiger partial charge in [0.2, 0.25) is 5.88 Å². The Bertz CT molecular complexity index is 504. The number of hydrogen-bond acceptors (Lipinski definition) is 4. The second-order valence-corrected chi connectivity index (χ2v) is 4.81. The molecule has 1 aromatic heterocycles. The van der Waals surface area contributed by atoms with Crippen molar-refractivity contribution in [1.29, 1.82) is 0 Å². The van der Waals surface area contributed by atoms with Gasteiger partial charge in [0.05, 0.1) is 7.11 Å². The number of nitrogens with one attached hydrogen (secondary N) is 1. The van der Waals surface area contributed by atoms with Gasteiger partial charge in [-0.15, -0.1) is 0 Å². The summed E-state index contributed by atoms with van der Waals surface area (Å²) in [6.45, 7) is -0.137. The highest BCUT2D eigenvalue weighted by Gasteiger charge is 2.61. The van der Waals surface area contributed by atoms with Gasteiger partial charge in [-0.3, -0.25) is 4.79 Å². The molecule has 0 radical (unpaired) electrons. The van der Waals surface area contributed by atoms with Crippen LogP contribution >= 0.6 is 0 Å². The van der Waals surface area contributed by atoms with E-state index < -0.39 is 17.4 Å². The molecule has 110 valence electrons. The molecule has 0 aromatic carbocycles. The molecule has 5 nitrogen and oxygen atoms in total. The van der Waals surface area contributed by atoms with E-state index in [0.29, 0.717) is 12.0 Å². The molecule has 2 N–H and O–H groups in total. The van der Waals surface area contributed by atoms with E-state index in [0.717, 1.165) is 0 Å². The van der Waals surface area contributed by atoms with E-state index >= 15 is 0 Å². The van der Waals surface area contributed by atoms with Crippen LogP contribution < -0.4 is 10.1 Å². The topological polar surface area (TPSA) is 71.5 Å². The molecule has 1 aliphatic carbocycles. The summed E-state index contributed by atoms with van der Waals surface area (Å²) in [5.74, 6) is -5.01. The van der Waals surface area contributed by atoms with Crippen molar-refractivity contribution in [2.24, 2.45) is 0 Å². The van der Waals surface area contributed by atoms with Crippen molar-refractivity contribution in [2.75, 3.05) is 7.11 Å². The SMILES string of the molecule is COc1ncccc1CNC(=O)C(F)(F)C1(O)CCC1. The first-order valence-corrected chi connectivity index (χ1v) is 6.27. The monoisotopic (exact) mass is 286 g/mol. The number of halogens is 2. The van der Waals surface area contributed by atoms with Crippen molar-refractivity contribution in [1.82, 2.24) is 10.3 Å². The molecule has 0 unspecified atom stereocenters. The Hall–Kier alpha value is -1.76. The first-order chi connectivity index (χ1) is 9.40. The lowest BCUT2D eigenvalue weighted by Crippen LogP contribution is -2.60. The van der Waals surface area contributed by atoms with Crippen LogP contribution in [0.4, 0.5) is 8.78 Å². The van der Waals surface area contributed by atoms with E-state index in [9.17, 15) is 18.7 Å². The van der Waals surface area contributed by atoms with E-state index in [4.69, 9.17) is 4.74 Å². The Morgan fingerprint density at radius 3 is 2.85 bits per heavy atom. The molecule has 0 bridgehead atoms. The molecule has 2 rings (SSSR count). The van der Waals surface area contributed by atoms with Gasteiger partial charge in [-0.05, 0) is 25.3 Å². The van der Waals surface area contributed by atoms with Gasteiger partial charge in [0.1, 0.15) is 5.60 Å². The van der Waals surface area contributed by atoms with Crippen molar-refractivity contribution in [3.8, 4) is 5.88 Å². The third kappa shape index (κ3) is 2.45. The Labute approximate surface area is 115 Å². The van der Waals surface area contributed by atoms with Gasteiger partial charge in [-0.2, -0.15) is 8.78 Å². The maximum absolute atomic E-state index is 13.8. The fourth-order valence-corrected chi connectivity index (χ4v) is 2.07. The highest BCUT2D eigenvalue weighted by molar-refractivity contribution is 5.85. The molecule has 1 heterocycles. The predicted molar refractivity (Wildman–Crippen MR) is 66.4 cm³/mol. The number of rotatable bonds is 5. The molecule has 0 aliphatic heterocycles. The van der Waals surface area contributed by atoms with Crippen molar-refractivity contribution in [3.05, 3.63) is 23.9 Å². The van der Waals surface area contributed by atoms with Crippen LogP contribution in [0.1, 0.15) is 24.8 Å². The number of ether oxygens (including phenoxy) is 1. The lowest BCUT2D eigenvalue weighted by atomic mass is 9.75. The fourth-order valence-electron chi connectivity index (χ4n) is 2.07. The number of amides is 1. The standard InChI is InChI=1S/C13H16F2N2O3/c1-20-10-9(4-2-7-16-10)8-17-11(18)13(14,15)12(19)5-3-6-12/h2,4,7,19H,3,5-6,8H2,1H3,(H,17,18). The van der Waals surface area contributed by atoms with Crippen LogP contribution in [0, 0.1) is 0 Å². The number of methoxy groups -OCH3 is 1. The highest BCUT2D eigenvalue weighted by Crippen LogP contribution is 2.44.